The van der Waals surface area contributed by atoms with Crippen LogP contribution in [0.2, 0.25) is 0 Å². The normalized spacial score (nSPS) is 11.0. The summed E-state index contributed by atoms with van der Waals surface area (Å²) in [4.78, 5) is 21.6. The maximum Gasteiger partial charge on any atom is 0.239 e. The van der Waals surface area contributed by atoms with Crippen molar-refractivity contribution in [2.24, 2.45) is 0 Å². The molecule has 39 heavy (non-hydrogen) atoms. The van der Waals surface area contributed by atoms with Crippen molar-refractivity contribution < 1.29 is 22.7 Å². The molecular formula is C26H29N7O5S. The molecule has 0 bridgehead atoms. The number of aromatic nitrogens is 2. The van der Waals surface area contributed by atoms with Crippen molar-refractivity contribution in [3.8, 4) is 11.5 Å². The minimum atomic E-state index is -3.22. The quantitative estimate of drug-likeness (QED) is 0.163. The highest BCUT2D eigenvalue weighted by atomic mass is 32.2. The van der Waals surface area contributed by atoms with E-state index in [4.69, 9.17) is 9.47 Å². The van der Waals surface area contributed by atoms with Crippen LogP contribution >= 0.6 is 0 Å². The molecule has 204 valence electrons. The van der Waals surface area contributed by atoms with Gasteiger partial charge in [0.05, 0.1) is 37.5 Å². The van der Waals surface area contributed by atoms with E-state index < -0.39 is 10.9 Å². The molecule has 0 saturated carbocycles. The number of anilines is 5. The highest BCUT2D eigenvalue weighted by Crippen LogP contribution is 2.35. The Morgan fingerprint density at radius 2 is 1.54 bits per heavy atom. The monoisotopic (exact) mass is 551 g/mol. The molecule has 13 heteroatoms. The second-order valence-electron chi connectivity index (χ2n) is 8.49. The van der Waals surface area contributed by atoms with E-state index in [2.05, 4.69) is 26.0 Å². The lowest BCUT2D eigenvalue weighted by molar-refractivity contribution is -0.116. The number of amides is 1. The number of ether oxygens (including phenoxy) is 2. The van der Waals surface area contributed by atoms with Gasteiger partial charge in [-0.1, -0.05) is 18.2 Å². The van der Waals surface area contributed by atoms with Crippen molar-refractivity contribution in [1.82, 2.24) is 20.4 Å². The van der Waals surface area contributed by atoms with Crippen LogP contribution in [-0.4, -0.2) is 64.2 Å². The lowest BCUT2D eigenvalue weighted by atomic mass is 10.2. The average Bonchev–Trinajstić information content (AvgIpc) is 2.92. The molecule has 1 heterocycles. The van der Waals surface area contributed by atoms with Gasteiger partial charge in [-0.05, 0) is 30.3 Å². The van der Waals surface area contributed by atoms with Crippen LogP contribution in [0.5, 0.6) is 11.5 Å². The zero-order chi connectivity index (χ0) is 27.9. The van der Waals surface area contributed by atoms with E-state index in [0.717, 1.165) is 4.31 Å². The standard InChI is InChI=1S/C26H29N7O5S/c1-32(2)27-16-24(34)28-17-8-7-9-19(12-17)33(39(35)36)26-25(30-22-10-5-6-11-23(22)31-26)29-18-13-20(37-3)15-21(14-18)38-4/h5-15,27,39H,16H2,1-4H3,(H,28,34)(H,29,30). The summed E-state index contributed by atoms with van der Waals surface area (Å²) in [6.45, 7) is 0.0466. The number of hydrogen-bond acceptors (Lipinski definition) is 10. The van der Waals surface area contributed by atoms with Crippen molar-refractivity contribution >= 4 is 56.5 Å². The fourth-order valence-corrected chi connectivity index (χ4v) is 4.29. The number of hydrogen-bond donors (Lipinski definition) is 4. The van der Waals surface area contributed by atoms with E-state index in [1.54, 1.807) is 79.8 Å². The lowest BCUT2D eigenvalue weighted by Gasteiger charge is -2.21. The largest absolute Gasteiger partial charge is 0.497 e. The number of para-hydroxylation sites is 2. The van der Waals surface area contributed by atoms with Gasteiger partial charge >= 0.3 is 0 Å². The van der Waals surface area contributed by atoms with Crippen molar-refractivity contribution in [3.63, 3.8) is 0 Å². The first-order valence-electron chi connectivity index (χ1n) is 11.8. The van der Waals surface area contributed by atoms with E-state index >= 15 is 0 Å². The molecule has 0 radical (unpaired) electrons. The average molecular weight is 552 g/mol. The maximum atomic E-state index is 12.7. The predicted octanol–water partition coefficient (Wildman–Crippen LogP) is 3.06. The number of nitrogens with one attached hydrogen (secondary N) is 3. The number of carbonyl (C=O) groups excluding carboxylic acids is 1. The molecule has 3 N–H and O–H groups in total. The summed E-state index contributed by atoms with van der Waals surface area (Å²) < 4.78 is 37.1. The van der Waals surface area contributed by atoms with E-state index in [0.29, 0.717) is 33.9 Å². The van der Waals surface area contributed by atoms with Crippen LogP contribution in [0.1, 0.15) is 0 Å². The molecule has 3 aromatic carbocycles. The Kier molecular flexibility index (Phi) is 8.76. The summed E-state index contributed by atoms with van der Waals surface area (Å²) >= 11 is 0. The fraction of sp³-hybridized carbons (Fsp3) is 0.192. The third-order valence-corrected chi connectivity index (χ3v) is 6.21. The molecule has 1 amide bonds. The zero-order valence-corrected chi connectivity index (χ0v) is 22.7. The van der Waals surface area contributed by atoms with E-state index in [1.165, 1.54) is 14.2 Å². The summed E-state index contributed by atoms with van der Waals surface area (Å²) in [5.74, 6) is 1.01. The Balaban J connectivity index is 1.78. The molecule has 4 aromatic rings. The smallest absolute Gasteiger partial charge is 0.239 e. The highest BCUT2D eigenvalue weighted by Gasteiger charge is 2.21. The Hall–Kier alpha value is -4.46. The van der Waals surface area contributed by atoms with Crippen LogP contribution < -0.4 is 29.8 Å². The first-order valence-corrected chi connectivity index (χ1v) is 12.9. The van der Waals surface area contributed by atoms with Gasteiger partial charge in [0.15, 0.2) is 11.6 Å². The summed E-state index contributed by atoms with van der Waals surface area (Å²) in [5.41, 5.74) is 5.18. The van der Waals surface area contributed by atoms with Crippen molar-refractivity contribution in [3.05, 3.63) is 66.7 Å². The first-order chi connectivity index (χ1) is 18.8. The Labute approximate surface area is 227 Å². The SMILES string of the molecule is COc1cc(Nc2nc3ccccc3nc2N(c2cccc(NC(=O)CNN(C)C)c2)[SH](=O)=O)cc(OC)c1. The molecule has 0 aliphatic carbocycles. The summed E-state index contributed by atoms with van der Waals surface area (Å²) in [5, 5.41) is 7.59. The molecule has 4 rings (SSSR count). The van der Waals surface area contributed by atoms with Crippen molar-refractivity contribution in [1.29, 1.82) is 0 Å². The molecule has 0 atom stereocenters. The van der Waals surface area contributed by atoms with Gasteiger partial charge in [0.25, 0.3) is 0 Å². The molecule has 0 aliphatic heterocycles. The number of methoxy groups -OCH3 is 2. The lowest BCUT2D eigenvalue weighted by Crippen LogP contribution is -2.37. The van der Waals surface area contributed by atoms with Crippen LogP contribution in [0.25, 0.3) is 11.0 Å². The summed E-state index contributed by atoms with van der Waals surface area (Å²) in [6.07, 6.45) is 0. The van der Waals surface area contributed by atoms with Gasteiger partial charge < -0.3 is 20.1 Å². The van der Waals surface area contributed by atoms with Crippen molar-refractivity contribution in [2.75, 3.05) is 49.8 Å². The van der Waals surface area contributed by atoms with Gasteiger partial charge in [0.2, 0.25) is 16.8 Å². The molecular weight excluding hydrogens is 522 g/mol. The van der Waals surface area contributed by atoms with Gasteiger partial charge in [-0.25, -0.2) is 28.1 Å². The van der Waals surface area contributed by atoms with Gasteiger partial charge in [-0.2, -0.15) is 0 Å². The number of thiol groups is 1. The minimum absolute atomic E-state index is 0.0457. The van der Waals surface area contributed by atoms with Gasteiger partial charge in [0.1, 0.15) is 11.5 Å². The maximum absolute atomic E-state index is 12.7. The third kappa shape index (κ3) is 6.90. The number of rotatable bonds is 11. The number of nitrogens with zero attached hydrogens (tertiary/aromatic N) is 4. The molecule has 0 saturated heterocycles. The zero-order valence-electron chi connectivity index (χ0n) is 21.8. The fourth-order valence-electron chi connectivity index (χ4n) is 3.68. The van der Waals surface area contributed by atoms with Gasteiger partial charge in [0, 0.05) is 43.7 Å². The molecule has 1 aromatic heterocycles. The van der Waals surface area contributed by atoms with Crippen LogP contribution in [0.3, 0.4) is 0 Å². The second-order valence-corrected chi connectivity index (χ2v) is 9.36. The molecule has 0 spiro atoms. The van der Waals surface area contributed by atoms with E-state index in [1.807, 2.05) is 6.07 Å². The van der Waals surface area contributed by atoms with E-state index in [-0.39, 0.29) is 29.8 Å². The van der Waals surface area contributed by atoms with Crippen LogP contribution in [-0.2, 0) is 15.7 Å². The van der Waals surface area contributed by atoms with Gasteiger partial charge in [-0.15, -0.1) is 0 Å². The number of fused-ring (bicyclic) bond motifs is 1. The Morgan fingerprint density at radius 3 is 2.15 bits per heavy atom. The Morgan fingerprint density at radius 1 is 0.872 bits per heavy atom. The second kappa shape index (κ2) is 12.4. The topological polar surface area (TPSA) is 138 Å². The molecule has 0 fully saturated rings. The number of hydrazine groups is 1. The predicted molar refractivity (Wildman–Crippen MR) is 152 cm³/mol. The number of benzene rings is 3. The van der Waals surface area contributed by atoms with Crippen LogP contribution in [0.15, 0.2) is 66.7 Å². The Bertz CT molecular complexity index is 1530. The highest BCUT2D eigenvalue weighted by molar-refractivity contribution is 7.74. The third-order valence-electron chi connectivity index (χ3n) is 5.46. The summed E-state index contributed by atoms with van der Waals surface area (Å²) in [7, 11) is 3.39. The van der Waals surface area contributed by atoms with Gasteiger partial charge in [-0.3, -0.25) is 9.80 Å². The van der Waals surface area contributed by atoms with Crippen LogP contribution in [0, 0.1) is 0 Å². The molecule has 0 unspecified atom stereocenters. The summed E-state index contributed by atoms with van der Waals surface area (Å²) in [6, 6.07) is 18.8. The van der Waals surface area contributed by atoms with Crippen LogP contribution in [0.4, 0.5) is 28.7 Å². The van der Waals surface area contributed by atoms with E-state index in [9.17, 15) is 13.2 Å². The first kappa shape index (κ1) is 27.6. The molecule has 0 aliphatic rings. The van der Waals surface area contributed by atoms with Crippen molar-refractivity contribution in [2.45, 2.75) is 0 Å². The minimum Gasteiger partial charge on any atom is -0.497 e. The number of carbonyl (C=O) groups is 1. The molecule has 12 nitrogen and oxygen atoms in total.